The van der Waals surface area contributed by atoms with Gasteiger partial charge in [0.15, 0.2) is 0 Å². The summed E-state index contributed by atoms with van der Waals surface area (Å²) in [7, 11) is 0. The maximum absolute atomic E-state index is 11.8. The molecule has 0 aliphatic heterocycles. The Kier molecular flexibility index (Phi) is 4.35. The van der Waals surface area contributed by atoms with Gasteiger partial charge in [-0.15, -0.1) is 0 Å². The number of phenolic OH excluding ortho intramolecular Hbond substituents is 1. The third kappa shape index (κ3) is 3.69. The van der Waals surface area contributed by atoms with Gasteiger partial charge in [-0.05, 0) is 24.6 Å². The minimum absolute atomic E-state index is 0.0860. The van der Waals surface area contributed by atoms with Crippen molar-refractivity contribution in [3.63, 3.8) is 0 Å². The summed E-state index contributed by atoms with van der Waals surface area (Å²) in [6, 6.07) is 4.35. The quantitative estimate of drug-likeness (QED) is 0.724. The first-order valence-corrected chi connectivity index (χ1v) is 6.15. The zero-order valence-corrected chi connectivity index (χ0v) is 10.8. The van der Waals surface area contributed by atoms with Gasteiger partial charge in [-0.25, -0.2) is 4.98 Å². The van der Waals surface area contributed by atoms with Gasteiger partial charge in [0.1, 0.15) is 17.9 Å². The minimum Gasteiger partial charge on any atom is -0.507 e. The van der Waals surface area contributed by atoms with E-state index in [4.69, 9.17) is 11.6 Å². The van der Waals surface area contributed by atoms with Crippen molar-refractivity contribution in [2.45, 2.75) is 12.8 Å². The van der Waals surface area contributed by atoms with Crippen LogP contribution in [-0.4, -0.2) is 32.7 Å². The Morgan fingerprint density at radius 2 is 2.32 bits per heavy atom. The van der Waals surface area contributed by atoms with Crippen molar-refractivity contribution in [2.24, 2.45) is 0 Å². The van der Waals surface area contributed by atoms with Crippen molar-refractivity contribution in [1.82, 2.24) is 20.5 Å². The number of aromatic amines is 1. The third-order valence-electron chi connectivity index (χ3n) is 2.54. The molecule has 0 radical (unpaired) electrons. The molecule has 0 aliphatic rings. The fourth-order valence-corrected chi connectivity index (χ4v) is 1.77. The molecule has 19 heavy (non-hydrogen) atoms. The molecule has 2 aromatic rings. The van der Waals surface area contributed by atoms with Crippen molar-refractivity contribution in [3.05, 3.63) is 40.9 Å². The van der Waals surface area contributed by atoms with Crippen molar-refractivity contribution in [1.29, 1.82) is 0 Å². The van der Waals surface area contributed by atoms with E-state index in [1.54, 1.807) is 0 Å². The van der Waals surface area contributed by atoms with Crippen LogP contribution in [-0.2, 0) is 6.42 Å². The van der Waals surface area contributed by atoms with Gasteiger partial charge in [0, 0.05) is 18.0 Å². The van der Waals surface area contributed by atoms with Gasteiger partial charge in [-0.3, -0.25) is 9.89 Å². The molecule has 1 amide bonds. The highest BCUT2D eigenvalue weighted by Crippen LogP contribution is 2.21. The van der Waals surface area contributed by atoms with Gasteiger partial charge in [-0.2, -0.15) is 5.10 Å². The Morgan fingerprint density at radius 1 is 1.47 bits per heavy atom. The summed E-state index contributed by atoms with van der Waals surface area (Å²) in [6.07, 6.45) is 2.86. The lowest BCUT2D eigenvalue weighted by Gasteiger charge is -2.06. The van der Waals surface area contributed by atoms with Crippen LogP contribution in [0, 0.1) is 0 Å². The molecular weight excluding hydrogens is 268 g/mol. The molecule has 0 bridgehead atoms. The number of aryl methyl sites for hydroxylation is 1. The molecule has 0 atom stereocenters. The molecule has 3 N–H and O–H groups in total. The van der Waals surface area contributed by atoms with Gasteiger partial charge in [0.25, 0.3) is 5.91 Å². The summed E-state index contributed by atoms with van der Waals surface area (Å²) in [6.45, 7) is 0.478. The number of H-pyrrole nitrogens is 1. The van der Waals surface area contributed by atoms with Crippen LogP contribution in [0.2, 0.25) is 5.02 Å². The van der Waals surface area contributed by atoms with Gasteiger partial charge < -0.3 is 10.4 Å². The molecule has 1 aromatic carbocycles. The molecule has 0 unspecified atom stereocenters. The van der Waals surface area contributed by atoms with Crippen molar-refractivity contribution >= 4 is 17.5 Å². The van der Waals surface area contributed by atoms with E-state index in [1.807, 2.05) is 0 Å². The molecular formula is C12H13ClN4O2. The van der Waals surface area contributed by atoms with Gasteiger partial charge >= 0.3 is 0 Å². The molecule has 100 valence electrons. The fourth-order valence-electron chi connectivity index (χ4n) is 1.59. The second-order valence-electron chi connectivity index (χ2n) is 3.95. The molecule has 0 saturated heterocycles. The highest BCUT2D eigenvalue weighted by molar-refractivity contribution is 6.31. The lowest BCUT2D eigenvalue weighted by Crippen LogP contribution is -2.24. The second-order valence-corrected chi connectivity index (χ2v) is 4.39. The molecule has 7 heteroatoms. The number of amides is 1. The Balaban J connectivity index is 1.82. The molecule has 1 heterocycles. The average molecular weight is 281 g/mol. The van der Waals surface area contributed by atoms with Crippen LogP contribution in [0.4, 0.5) is 0 Å². The van der Waals surface area contributed by atoms with Crippen LogP contribution >= 0.6 is 11.6 Å². The predicted octanol–water partition coefficient (Wildman–Crippen LogP) is 1.53. The Morgan fingerprint density at radius 3 is 3.05 bits per heavy atom. The number of nitrogens with zero attached hydrogens (tertiary/aromatic N) is 2. The highest BCUT2D eigenvalue weighted by atomic mass is 35.5. The van der Waals surface area contributed by atoms with Crippen LogP contribution in [0.15, 0.2) is 24.5 Å². The first-order chi connectivity index (χ1) is 9.16. The molecule has 0 fully saturated rings. The summed E-state index contributed by atoms with van der Waals surface area (Å²) >= 11 is 5.78. The van der Waals surface area contributed by atoms with Crippen LogP contribution in [0.1, 0.15) is 22.6 Å². The minimum atomic E-state index is -0.349. The predicted molar refractivity (Wildman–Crippen MR) is 70.2 cm³/mol. The van der Waals surface area contributed by atoms with Crippen LogP contribution in [0.25, 0.3) is 0 Å². The monoisotopic (exact) mass is 280 g/mol. The summed E-state index contributed by atoms with van der Waals surface area (Å²) in [5, 5.41) is 19.2. The number of aromatic nitrogens is 3. The number of benzene rings is 1. The molecule has 0 spiro atoms. The third-order valence-corrected chi connectivity index (χ3v) is 2.78. The number of rotatable bonds is 5. The van der Waals surface area contributed by atoms with E-state index >= 15 is 0 Å². The van der Waals surface area contributed by atoms with Crippen LogP contribution in [0.3, 0.4) is 0 Å². The van der Waals surface area contributed by atoms with E-state index in [1.165, 1.54) is 24.5 Å². The summed E-state index contributed by atoms with van der Waals surface area (Å²) in [5.74, 6) is 0.342. The van der Waals surface area contributed by atoms with E-state index in [0.29, 0.717) is 18.0 Å². The first-order valence-electron chi connectivity index (χ1n) is 5.78. The Bertz CT molecular complexity index is 557. The molecule has 0 aliphatic carbocycles. The summed E-state index contributed by atoms with van der Waals surface area (Å²) in [5.41, 5.74) is 0.173. The number of carbonyl (C=O) groups excluding carboxylic acids is 1. The molecule has 1 aromatic heterocycles. The largest absolute Gasteiger partial charge is 0.507 e. The van der Waals surface area contributed by atoms with Crippen molar-refractivity contribution in [2.75, 3.05) is 6.54 Å². The second kappa shape index (κ2) is 6.19. The van der Waals surface area contributed by atoms with E-state index < -0.39 is 0 Å². The standard InChI is InChI=1S/C12H13ClN4O2/c13-8-3-4-10(18)9(6-8)12(19)14-5-1-2-11-15-7-16-17-11/h3-4,6-7,18H,1-2,5H2,(H,14,19)(H,15,16,17). The van der Waals surface area contributed by atoms with Crippen LogP contribution in [0.5, 0.6) is 5.75 Å². The SMILES string of the molecule is O=C(NCCCc1ncn[nH]1)c1cc(Cl)ccc1O. The van der Waals surface area contributed by atoms with Crippen LogP contribution < -0.4 is 5.32 Å². The van der Waals surface area contributed by atoms with E-state index in [0.717, 1.165) is 12.2 Å². The zero-order chi connectivity index (χ0) is 13.7. The van der Waals surface area contributed by atoms with Crippen molar-refractivity contribution < 1.29 is 9.90 Å². The zero-order valence-electron chi connectivity index (χ0n) is 10.1. The van der Waals surface area contributed by atoms with E-state index in [-0.39, 0.29) is 17.2 Å². The number of aromatic hydroxyl groups is 1. The van der Waals surface area contributed by atoms with E-state index in [2.05, 4.69) is 20.5 Å². The number of carbonyl (C=O) groups is 1. The summed E-state index contributed by atoms with van der Waals surface area (Å²) in [4.78, 5) is 15.8. The lowest BCUT2D eigenvalue weighted by molar-refractivity contribution is 0.0950. The van der Waals surface area contributed by atoms with Crippen molar-refractivity contribution in [3.8, 4) is 5.75 Å². The Labute approximate surface area is 114 Å². The number of hydrogen-bond donors (Lipinski definition) is 3. The number of nitrogens with one attached hydrogen (secondary N) is 2. The number of phenols is 1. The Hall–Kier alpha value is -2.08. The van der Waals surface area contributed by atoms with Gasteiger partial charge in [-0.1, -0.05) is 11.6 Å². The maximum atomic E-state index is 11.8. The molecule has 2 rings (SSSR count). The molecule has 6 nitrogen and oxygen atoms in total. The van der Waals surface area contributed by atoms with E-state index in [9.17, 15) is 9.90 Å². The first kappa shape index (κ1) is 13.4. The topological polar surface area (TPSA) is 90.9 Å². The maximum Gasteiger partial charge on any atom is 0.255 e. The summed E-state index contributed by atoms with van der Waals surface area (Å²) < 4.78 is 0. The normalized spacial score (nSPS) is 10.4. The van der Waals surface area contributed by atoms with Gasteiger partial charge in [0.05, 0.1) is 5.56 Å². The smallest absolute Gasteiger partial charge is 0.255 e. The van der Waals surface area contributed by atoms with Gasteiger partial charge in [0.2, 0.25) is 0 Å². The average Bonchev–Trinajstić information content (AvgIpc) is 2.90. The molecule has 0 saturated carbocycles. The number of halogens is 1. The number of hydrogen-bond acceptors (Lipinski definition) is 4. The lowest BCUT2D eigenvalue weighted by atomic mass is 10.2. The fraction of sp³-hybridized carbons (Fsp3) is 0.250. The highest BCUT2D eigenvalue weighted by Gasteiger charge is 2.10.